The zero-order valence-electron chi connectivity index (χ0n) is 13.1. The summed E-state index contributed by atoms with van der Waals surface area (Å²) in [5.41, 5.74) is 0.285. The van der Waals surface area contributed by atoms with Crippen molar-refractivity contribution in [1.29, 1.82) is 0 Å². The molecule has 3 atom stereocenters. The lowest BCUT2D eigenvalue weighted by Crippen LogP contribution is -2.57. The molecule has 1 amide bonds. The first kappa shape index (κ1) is 14.4. The summed E-state index contributed by atoms with van der Waals surface area (Å²) in [5.74, 6) is 1.95. The average molecular weight is 279 g/mol. The second-order valence-electron chi connectivity index (χ2n) is 8.57. The van der Waals surface area contributed by atoms with E-state index in [1.807, 2.05) is 13.8 Å². The summed E-state index contributed by atoms with van der Waals surface area (Å²) in [7, 11) is 0. The molecule has 0 aliphatic heterocycles. The maximum atomic E-state index is 12.7. The van der Waals surface area contributed by atoms with E-state index in [1.54, 1.807) is 0 Å². The predicted molar refractivity (Wildman–Crippen MR) is 79.1 cm³/mol. The molecule has 3 heteroatoms. The Hall–Kier alpha value is -0.570. The fourth-order valence-electron chi connectivity index (χ4n) is 5.61. The number of hydrogen-bond donors (Lipinski definition) is 2. The third kappa shape index (κ3) is 2.38. The molecule has 0 aromatic carbocycles. The summed E-state index contributed by atoms with van der Waals surface area (Å²) >= 11 is 0. The summed E-state index contributed by atoms with van der Waals surface area (Å²) in [6.07, 6.45) is 6.81. The molecule has 20 heavy (non-hydrogen) atoms. The van der Waals surface area contributed by atoms with Crippen LogP contribution in [0, 0.1) is 28.6 Å². The van der Waals surface area contributed by atoms with Gasteiger partial charge in [-0.3, -0.25) is 4.79 Å². The van der Waals surface area contributed by atoms with E-state index in [9.17, 15) is 9.90 Å². The van der Waals surface area contributed by atoms with Crippen molar-refractivity contribution in [1.82, 2.24) is 5.32 Å². The zero-order valence-corrected chi connectivity index (χ0v) is 13.1. The van der Waals surface area contributed by atoms with Crippen LogP contribution in [0.15, 0.2) is 0 Å². The number of carbonyl (C=O) groups is 1. The van der Waals surface area contributed by atoms with E-state index in [1.165, 1.54) is 19.3 Å². The fraction of sp³-hybridized carbons (Fsp3) is 0.941. The van der Waals surface area contributed by atoms with Gasteiger partial charge < -0.3 is 10.4 Å². The Morgan fingerprint density at radius 3 is 2.35 bits per heavy atom. The van der Waals surface area contributed by atoms with Crippen LogP contribution in [0.1, 0.15) is 59.3 Å². The fourth-order valence-corrected chi connectivity index (χ4v) is 5.61. The highest BCUT2D eigenvalue weighted by molar-refractivity contribution is 5.83. The maximum Gasteiger partial charge on any atom is 0.226 e. The van der Waals surface area contributed by atoms with Gasteiger partial charge in [-0.05, 0) is 61.7 Å². The van der Waals surface area contributed by atoms with Crippen LogP contribution in [-0.2, 0) is 4.79 Å². The van der Waals surface area contributed by atoms with E-state index in [0.29, 0.717) is 12.0 Å². The van der Waals surface area contributed by atoms with Gasteiger partial charge in [-0.25, -0.2) is 0 Å². The number of rotatable bonds is 4. The lowest BCUT2D eigenvalue weighted by molar-refractivity contribution is -0.155. The number of aliphatic hydroxyl groups is 1. The highest BCUT2D eigenvalue weighted by atomic mass is 16.3. The largest absolute Gasteiger partial charge is 0.391 e. The first-order chi connectivity index (χ1) is 9.32. The molecule has 4 aliphatic carbocycles. The SMILES string of the molecule is CC(C)C(O)CNC(=O)C12CC3CC(CC(C)(C3)C1)C2. The molecule has 0 heterocycles. The summed E-state index contributed by atoms with van der Waals surface area (Å²) < 4.78 is 0. The smallest absolute Gasteiger partial charge is 0.226 e. The van der Waals surface area contributed by atoms with Gasteiger partial charge in [0.25, 0.3) is 0 Å². The van der Waals surface area contributed by atoms with Crippen LogP contribution in [0.25, 0.3) is 0 Å². The number of amides is 1. The minimum Gasteiger partial charge on any atom is -0.391 e. The predicted octanol–water partition coefficient (Wildman–Crippen LogP) is 2.73. The molecule has 0 aromatic heterocycles. The van der Waals surface area contributed by atoms with Crippen molar-refractivity contribution in [3.8, 4) is 0 Å². The topological polar surface area (TPSA) is 49.3 Å². The van der Waals surface area contributed by atoms with E-state index in [2.05, 4.69) is 12.2 Å². The van der Waals surface area contributed by atoms with Gasteiger partial charge in [0.1, 0.15) is 0 Å². The van der Waals surface area contributed by atoms with Crippen molar-refractivity contribution in [3.63, 3.8) is 0 Å². The average Bonchev–Trinajstić information content (AvgIpc) is 2.32. The molecule has 4 rings (SSSR count). The second-order valence-corrected chi connectivity index (χ2v) is 8.57. The molecular formula is C17H29NO2. The Bertz CT molecular complexity index is 390. The standard InChI is InChI=1S/C17H29NO2/c1-11(2)14(19)9-18-15(20)17-7-12-4-13(8-17)6-16(3,5-12)10-17/h11-14,19H,4-10H2,1-3H3,(H,18,20). The van der Waals surface area contributed by atoms with Gasteiger partial charge in [0.2, 0.25) is 5.91 Å². The number of nitrogens with one attached hydrogen (secondary N) is 1. The van der Waals surface area contributed by atoms with E-state index in [4.69, 9.17) is 0 Å². The van der Waals surface area contributed by atoms with Crippen molar-refractivity contribution >= 4 is 5.91 Å². The first-order valence-electron chi connectivity index (χ1n) is 8.28. The molecule has 4 bridgehead atoms. The minimum atomic E-state index is -0.427. The lowest BCUT2D eigenvalue weighted by atomic mass is 9.44. The lowest BCUT2D eigenvalue weighted by Gasteiger charge is -2.60. The van der Waals surface area contributed by atoms with Gasteiger partial charge >= 0.3 is 0 Å². The molecule has 0 spiro atoms. The van der Waals surface area contributed by atoms with Crippen molar-refractivity contribution < 1.29 is 9.90 Å². The monoisotopic (exact) mass is 279 g/mol. The van der Waals surface area contributed by atoms with E-state index in [-0.39, 0.29) is 17.2 Å². The quantitative estimate of drug-likeness (QED) is 0.831. The van der Waals surface area contributed by atoms with Gasteiger partial charge in [-0.2, -0.15) is 0 Å². The second kappa shape index (κ2) is 4.72. The normalized spacial score (nSPS) is 43.9. The van der Waals surface area contributed by atoms with E-state index >= 15 is 0 Å². The number of hydrogen-bond acceptors (Lipinski definition) is 2. The van der Waals surface area contributed by atoms with E-state index < -0.39 is 6.10 Å². The van der Waals surface area contributed by atoms with Crippen molar-refractivity contribution in [2.45, 2.75) is 65.4 Å². The van der Waals surface area contributed by atoms with Crippen molar-refractivity contribution in [3.05, 3.63) is 0 Å². The summed E-state index contributed by atoms with van der Waals surface area (Å²) in [5, 5.41) is 12.9. The van der Waals surface area contributed by atoms with Gasteiger partial charge in [0, 0.05) is 6.54 Å². The Labute approximate surface area is 122 Å². The Morgan fingerprint density at radius 2 is 1.85 bits per heavy atom. The van der Waals surface area contributed by atoms with Gasteiger partial charge in [-0.15, -0.1) is 0 Å². The third-order valence-corrected chi connectivity index (χ3v) is 6.08. The van der Waals surface area contributed by atoms with Crippen LogP contribution >= 0.6 is 0 Å². The number of aliphatic hydroxyl groups excluding tert-OH is 1. The van der Waals surface area contributed by atoms with Gasteiger partial charge in [0.15, 0.2) is 0 Å². The molecule has 0 radical (unpaired) electrons. The highest BCUT2D eigenvalue weighted by Crippen LogP contribution is 2.65. The van der Waals surface area contributed by atoms with Gasteiger partial charge in [0.05, 0.1) is 11.5 Å². The Morgan fingerprint density at radius 1 is 1.25 bits per heavy atom. The molecule has 114 valence electrons. The molecule has 0 aromatic rings. The van der Waals surface area contributed by atoms with Crippen molar-refractivity contribution in [2.24, 2.45) is 28.6 Å². The Balaban J connectivity index is 1.68. The number of carbonyl (C=O) groups excluding carboxylic acids is 1. The van der Waals surface area contributed by atoms with Crippen molar-refractivity contribution in [2.75, 3.05) is 6.54 Å². The van der Waals surface area contributed by atoms with Crippen LogP contribution in [0.2, 0.25) is 0 Å². The van der Waals surface area contributed by atoms with Crippen LogP contribution in [-0.4, -0.2) is 23.7 Å². The molecule has 3 nitrogen and oxygen atoms in total. The maximum absolute atomic E-state index is 12.7. The van der Waals surface area contributed by atoms with Crippen LogP contribution in [0.4, 0.5) is 0 Å². The van der Waals surface area contributed by atoms with Gasteiger partial charge in [-0.1, -0.05) is 20.8 Å². The van der Waals surface area contributed by atoms with Crippen LogP contribution < -0.4 is 5.32 Å². The molecule has 4 fully saturated rings. The zero-order chi connectivity index (χ0) is 14.5. The molecule has 2 N–H and O–H groups in total. The summed E-state index contributed by atoms with van der Waals surface area (Å²) in [6, 6.07) is 0. The molecule has 4 aliphatic rings. The van der Waals surface area contributed by atoms with E-state index in [0.717, 1.165) is 31.1 Å². The molecular weight excluding hydrogens is 250 g/mol. The minimum absolute atomic E-state index is 0.116. The molecule has 0 saturated heterocycles. The first-order valence-corrected chi connectivity index (χ1v) is 8.28. The summed E-state index contributed by atoms with van der Waals surface area (Å²) in [4.78, 5) is 12.7. The molecule has 4 saturated carbocycles. The van der Waals surface area contributed by atoms with Crippen LogP contribution in [0.3, 0.4) is 0 Å². The van der Waals surface area contributed by atoms with Crippen LogP contribution in [0.5, 0.6) is 0 Å². The highest BCUT2D eigenvalue weighted by Gasteiger charge is 2.58. The molecule has 3 unspecified atom stereocenters. The Kier molecular flexibility index (Phi) is 3.39. The summed E-state index contributed by atoms with van der Waals surface area (Å²) in [6.45, 7) is 6.77. The third-order valence-electron chi connectivity index (χ3n) is 6.08.